The molecule has 2 aromatic rings. The number of rotatable bonds is 8. The van der Waals surface area contributed by atoms with Crippen LogP contribution in [0.5, 0.6) is 0 Å². The fourth-order valence-electron chi connectivity index (χ4n) is 1.80. The van der Waals surface area contributed by atoms with E-state index in [1.54, 1.807) is 17.8 Å². The number of nitrogens with zero attached hydrogens (tertiary/aromatic N) is 4. The van der Waals surface area contributed by atoms with Crippen molar-refractivity contribution >= 4 is 37.2 Å². The van der Waals surface area contributed by atoms with Crippen molar-refractivity contribution in [2.75, 3.05) is 24.4 Å². The third-order valence-corrected chi connectivity index (χ3v) is 4.03. The minimum atomic E-state index is -3.75. The van der Waals surface area contributed by atoms with Crippen LogP contribution in [-0.2, 0) is 20.4 Å². The molecule has 0 aromatic carbocycles. The molecule has 0 spiro atoms. The van der Waals surface area contributed by atoms with E-state index in [1.165, 1.54) is 6.33 Å². The van der Waals surface area contributed by atoms with Gasteiger partial charge in [0, 0.05) is 5.75 Å². The fraction of sp³-hybridized carbons (Fsp3) is 0.545. The number of hydrogen-bond donors (Lipinski definition) is 3. The molecule has 122 valence electrons. The molecule has 0 aliphatic carbocycles. The van der Waals surface area contributed by atoms with Crippen LogP contribution in [0.3, 0.4) is 0 Å². The largest absolute Gasteiger partial charge is 0.382 e. The summed E-state index contributed by atoms with van der Waals surface area (Å²) in [5.74, 6) is 0.666. The minimum Gasteiger partial charge on any atom is -0.382 e. The molecule has 0 radical (unpaired) electrons. The lowest BCUT2D eigenvalue weighted by Gasteiger charge is -2.17. The maximum absolute atomic E-state index is 11.7. The number of aromatic nitrogens is 4. The highest BCUT2D eigenvalue weighted by molar-refractivity contribution is 7.80. The maximum Gasteiger partial charge on any atom is 0.353 e. The number of ether oxygens (including phenoxy) is 1. The van der Waals surface area contributed by atoms with Gasteiger partial charge in [0.25, 0.3) is 0 Å². The average molecular weight is 347 g/mol. The fourth-order valence-corrected chi connectivity index (χ4v) is 2.93. The predicted octanol–water partition coefficient (Wildman–Crippen LogP) is 0.903. The summed E-state index contributed by atoms with van der Waals surface area (Å²) in [6.45, 7) is 2.27. The molecule has 2 atom stereocenters. The van der Waals surface area contributed by atoms with Gasteiger partial charge in [0.1, 0.15) is 18.2 Å². The third kappa shape index (κ3) is 4.40. The molecule has 11 heteroatoms. The molecule has 22 heavy (non-hydrogen) atoms. The molecule has 0 bridgehead atoms. The van der Waals surface area contributed by atoms with Crippen molar-refractivity contribution in [1.82, 2.24) is 19.5 Å². The van der Waals surface area contributed by atoms with E-state index in [2.05, 4.69) is 27.6 Å². The van der Waals surface area contributed by atoms with Gasteiger partial charge < -0.3 is 24.5 Å². The van der Waals surface area contributed by atoms with E-state index < -0.39 is 7.60 Å². The van der Waals surface area contributed by atoms with Crippen LogP contribution in [0, 0.1) is 0 Å². The highest BCUT2D eigenvalue weighted by Crippen LogP contribution is 2.41. The Balaban J connectivity index is 1.95. The van der Waals surface area contributed by atoms with Crippen molar-refractivity contribution in [2.24, 2.45) is 0 Å². The number of nitrogens with two attached hydrogens (primary N) is 1. The van der Waals surface area contributed by atoms with Crippen LogP contribution in [-0.4, -0.2) is 49.2 Å². The molecule has 9 nitrogen and oxygen atoms in total. The van der Waals surface area contributed by atoms with Gasteiger partial charge in [-0.25, -0.2) is 15.0 Å². The average Bonchev–Trinajstić information content (AvgIpc) is 2.88. The molecule has 2 aromatic heterocycles. The van der Waals surface area contributed by atoms with Gasteiger partial charge in [0.15, 0.2) is 11.5 Å². The number of fused-ring (bicyclic) bond motifs is 1. The molecule has 0 aliphatic heterocycles. The maximum atomic E-state index is 11.7. The molecule has 0 saturated carbocycles. The lowest BCUT2D eigenvalue weighted by molar-refractivity contribution is 0.0724. The molecular formula is C11H18N5O4PS. The zero-order valence-corrected chi connectivity index (χ0v) is 13.8. The third-order valence-electron chi connectivity index (χ3n) is 2.79. The first-order chi connectivity index (χ1) is 10.4. The van der Waals surface area contributed by atoms with E-state index >= 15 is 0 Å². The first-order valence-corrected chi connectivity index (χ1v) is 8.92. The van der Waals surface area contributed by atoms with E-state index in [0.717, 1.165) is 0 Å². The Hall–Kier alpha value is -1.19. The van der Waals surface area contributed by atoms with Crippen LogP contribution in [0.25, 0.3) is 11.2 Å². The van der Waals surface area contributed by atoms with E-state index in [9.17, 15) is 9.46 Å². The molecule has 0 fully saturated rings. The van der Waals surface area contributed by atoms with Crippen LogP contribution in [0.2, 0.25) is 0 Å². The summed E-state index contributed by atoms with van der Waals surface area (Å²) in [7, 11) is -3.75. The van der Waals surface area contributed by atoms with Crippen molar-refractivity contribution in [3.63, 3.8) is 0 Å². The van der Waals surface area contributed by atoms with Crippen molar-refractivity contribution in [3.8, 4) is 0 Å². The van der Waals surface area contributed by atoms with Crippen molar-refractivity contribution in [1.29, 1.82) is 0 Å². The van der Waals surface area contributed by atoms with Crippen LogP contribution < -0.4 is 5.73 Å². The van der Waals surface area contributed by atoms with Gasteiger partial charge in [-0.15, -0.1) is 0 Å². The van der Waals surface area contributed by atoms with Crippen molar-refractivity contribution in [3.05, 3.63) is 12.7 Å². The highest BCUT2D eigenvalue weighted by atomic mass is 32.1. The predicted molar refractivity (Wildman–Crippen MR) is 84.8 cm³/mol. The number of imidazole rings is 1. The minimum absolute atomic E-state index is 0.0942. The second-order valence-corrected chi connectivity index (χ2v) is 6.87. The summed E-state index contributed by atoms with van der Waals surface area (Å²) in [4.78, 5) is 21.7. The van der Waals surface area contributed by atoms with Gasteiger partial charge in [-0.1, -0.05) is 0 Å². The number of anilines is 1. The normalized spacial score (nSPS) is 15.8. The zero-order valence-electron chi connectivity index (χ0n) is 12.0. The summed E-state index contributed by atoms with van der Waals surface area (Å²) in [6.07, 6.45) is 2.21. The van der Waals surface area contributed by atoms with Crippen LogP contribution in [0.1, 0.15) is 6.92 Å². The quantitative estimate of drug-likeness (QED) is 0.475. The van der Waals surface area contributed by atoms with E-state index in [-0.39, 0.29) is 19.1 Å². The van der Waals surface area contributed by atoms with Crippen LogP contribution >= 0.6 is 20.2 Å². The lowest BCUT2D eigenvalue weighted by atomic mass is 10.4. The second-order valence-electron chi connectivity index (χ2n) is 4.63. The Morgan fingerprint density at radius 1 is 1.50 bits per heavy atom. The molecule has 0 aliphatic rings. The van der Waals surface area contributed by atoms with Gasteiger partial charge >= 0.3 is 7.60 Å². The monoisotopic (exact) mass is 347 g/mol. The molecule has 2 rings (SSSR count). The smallest absolute Gasteiger partial charge is 0.353 e. The molecule has 1 unspecified atom stereocenters. The molecule has 2 heterocycles. The van der Waals surface area contributed by atoms with Crippen molar-refractivity contribution in [2.45, 2.75) is 19.6 Å². The van der Waals surface area contributed by atoms with E-state index in [1.807, 2.05) is 0 Å². The molecule has 3 N–H and O–H groups in total. The van der Waals surface area contributed by atoms with Gasteiger partial charge in [0.05, 0.1) is 25.6 Å². The van der Waals surface area contributed by atoms with E-state index in [0.29, 0.717) is 29.3 Å². The Morgan fingerprint density at radius 3 is 3.00 bits per heavy atom. The molecule has 0 amide bonds. The lowest BCUT2D eigenvalue weighted by Crippen LogP contribution is -2.17. The first-order valence-electron chi connectivity index (χ1n) is 6.53. The number of nitrogen functional groups attached to an aromatic ring is 1. The Labute approximate surface area is 132 Å². The van der Waals surface area contributed by atoms with Gasteiger partial charge in [-0.05, 0) is 6.92 Å². The summed E-state index contributed by atoms with van der Waals surface area (Å²) in [5.41, 5.74) is 6.81. The van der Waals surface area contributed by atoms with Crippen LogP contribution in [0.15, 0.2) is 12.7 Å². The van der Waals surface area contributed by atoms with Crippen LogP contribution in [0.4, 0.5) is 5.82 Å². The Morgan fingerprint density at radius 2 is 2.27 bits per heavy atom. The first kappa shape index (κ1) is 17.2. The van der Waals surface area contributed by atoms with Gasteiger partial charge in [-0.3, -0.25) is 4.57 Å². The topological polar surface area (TPSA) is 125 Å². The second kappa shape index (κ2) is 7.38. The van der Waals surface area contributed by atoms with Gasteiger partial charge in [-0.2, -0.15) is 12.6 Å². The summed E-state index contributed by atoms with van der Waals surface area (Å²) in [6, 6.07) is 0. The number of thiol groups is 1. The van der Waals surface area contributed by atoms with E-state index in [4.69, 9.17) is 15.0 Å². The Kier molecular flexibility index (Phi) is 5.76. The zero-order chi connectivity index (χ0) is 16.2. The molecule has 0 saturated heterocycles. The standard InChI is InChI=1S/C11H18N5O4PS/c1-8(19-7-21(17,18)20-2-3-22)4-16-6-15-9-10(12)13-5-14-11(9)16/h5-6,8,22H,2-4,7H2,1H3,(H,17,18)(H2,12,13,14)/t8-/m1/s1. The summed E-state index contributed by atoms with van der Waals surface area (Å²) in [5, 5.41) is 0. The highest BCUT2D eigenvalue weighted by Gasteiger charge is 2.21. The SMILES string of the molecule is C[C@H](Cn1cnc2c(N)ncnc21)OCP(=O)(O)OCCS. The van der Waals surface area contributed by atoms with Gasteiger partial charge in [0.2, 0.25) is 0 Å². The number of hydrogen-bond acceptors (Lipinski definition) is 8. The molecular weight excluding hydrogens is 329 g/mol. The Bertz CT molecular complexity index is 682. The summed E-state index contributed by atoms with van der Waals surface area (Å²) >= 11 is 3.91. The summed E-state index contributed by atoms with van der Waals surface area (Å²) < 4.78 is 23.6. The van der Waals surface area contributed by atoms with Crippen molar-refractivity contribution < 1.29 is 18.7 Å².